The van der Waals surface area contributed by atoms with Crippen molar-refractivity contribution in [1.82, 2.24) is 15.1 Å². The van der Waals surface area contributed by atoms with E-state index in [0.29, 0.717) is 12.6 Å². The molecule has 3 heterocycles. The van der Waals surface area contributed by atoms with Gasteiger partial charge in [0, 0.05) is 19.1 Å². The van der Waals surface area contributed by atoms with E-state index in [2.05, 4.69) is 10.2 Å². The van der Waals surface area contributed by atoms with Crippen molar-refractivity contribution in [3.63, 3.8) is 0 Å². The quantitative estimate of drug-likeness (QED) is 0.777. The molecule has 3 rings (SSSR count). The molecule has 3 saturated heterocycles. The predicted octanol–water partition coefficient (Wildman–Crippen LogP) is -0.0249. The SMILES string of the molecule is CC1C(=O)NC(C)(C)C(=O)N1CC1CN2CCCC2CO1. The van der Waals surface area contributed by atoms with E-state index in [9.17, 15) is 9.59 Å². The number of hydrogen-bond acceptors (Lipinski definition) is 4. The molecular weight excluding hydrogens is 270 g/mol. The van der Waals surface area contributed by atoms with Gasteiger partial charge in [-0.05, 0) is 40.2 Å². The van der Waals surface area contributed by atoms with Crippen LogP contribution in [0.15, 0.2) is 0 Å². The third-order valence-electron chi connectivity index (χ3n) is 4.94. The average molecular weight is 295 g/mol. The number of rotatable bonds is 2. The summed E-state index contributed by atoms with van der Waals surface area (Å²) in [7, 11) is 0. The van der Waals surface area contributed by atoms with E-state index in [0.717, 1.165) is 19.7 Å². The summed E-state index contributed by atoms with van der Waals surface area (Å²) in [5.74, 6) is -0.115. The largest absolute Gasteiger partial charge is 0.373 e. The molecule has 3 fully saturated rings. The number of amides is 2. The maximum absolute atomic E-state index is 12.5. The Balaban J connectivity index is 1.68. The summed E-state index contributed by atoms with van der Waals surface area (Å²) < 4.78 is 5.93. The number of nitrogens with zero attached hydrogens (tertiary/aromatic N) is 2. The highest BCUT2D eigenvalue weighted by Crippen LogP contribution is 2.25. The molecule has 3 unspecified atom stereocenters. The Morgan fingerprint density at radius 2 is 2.14 bits per heavy atom. The van der Waals surface area contributed by atoms with Gasteiger partial charge in [0.2, 0.25) is 11.8 Å². The van der Waals surface area contributed by atoms with Crippen molar-refractivity contribution < 1.29 is 14.3 Å². The normalized spacial score (nSPS) is 36.5. The van der Waals surface area contributed by atoms with Crippen molar-refractivity contribution in [2.24, 2.45) is 0 Å². The van der Waals surface area contributed by atoms with Crippen LogP contribution in [0.25, 0.3) is 0 Å². The lowest BCUT2D eigenvalue weighted by Crippen LogP contribution is -2.68. The van der Waals surface area contributed by atoms with Gasteiger partial charge in [0.05, 0.1) is 12.7 Å². The molecular formula is C15H25N3O3. The predicted molar refractivity (Wildman–Crippen MR) is 77.7 cm³/mol. The summed E-state index contributed by atoms with van der Waals surface area (Å²) in [6, 6.07) is 0.126. The lowest BCUT2D eigenvalue weighted by molar-refractivity contribution is -0.156. The molecule has 21 heavy (non-hydrogen) atoms. The first-order chi connectivity index (χ1) is 9.88. The third-order valence-corrected chi connectivity index (χ3v) is 4.94. The Labute approximate surface area is 125 Å². The highest BCUT2D eigenvalue weighted by atomic mass is 16.5. The van der Waals surface area contributed by atoms with Crippen LogP contribution in [0, 0.1) is 0 Å². The van der Waals surface area contributed by atoms with Gasteiger partial charge in [0.1, 0.15) is 11.6 Å². The zero-order valence-electron chi connectivity index (χ0n) is 13.1. The van der Waals surface area contributed by atoms with Crippen LogP contribution in [0.2, 0.25) is 0 Å². The maximum atomic E-state index is 12.5. The molecule has 2 amide bonds. The highest BCUT2D eigenvalue weighted by Gasteiger charge is 2.44. The molecule has 1 N–H and O–H groups in total. The fraction of sp³-hybridized carbons (Fsp3) is 0.867. The van der Waals surface area contributed by atoms with Crippen molar-refractivity contribution >= 4 is 11.8 Å². The minimum absolute atomic E-state index is 0.00690. The van der Waals surface area contributed by atoms with Crippen molar-refractivity contribution in [1.29, 1.82) is 0 Å². The number of fused-ring (bicyclic) bond motifs is 1. The highest BCUT2D eigenvalue weighted by molar-refractivity contribution is 5.99. The van der Waals surface area contributed by atoms with Crippen LogP contribution >= 0.6 is 0 Å². The van der Waals surface area contributed by atoms with Crippen molar-refractivity contribution in [3.05, 3.63) is 0 Å². The van der Waals surface area contributed by atoms with Crippen molar-refractivity contribution in [3.8, 4) is 0 Å². The average Bonchev–Trinajstić information content (AvgIpc) is 2.88. The standard InChI is InChI=1S/C15H25N3O3/c1-10-13(19)16-15(2,3)14(20)18(10)8-12-7-17-6-4-5-11(17)9-21-12/h10-12H,4-9H2,1-3H3,(H,16,19). The van der Waals surface area contributed by atoms with E-state index in [1.54, 1.807) is 25.7 Å². The van der Waals surface area contributed by atoms with Gasteiger partial charge in [-0.15, -0.1) is 0 Å². The van der Waals surface area contributed by atoms with E-state index in [-0.39, 0.29) is 17.9 Å². The monoisotopic (exact) mass is 295 g/mol. The molecule has 0 spiro atoms. The molecule has 0 aromatic carbocycles. The van der Waals surface area contributed by atoms with E-state index in [1.807, 2.05) is 0 Å². The Morgan fingerprint density at radius 3 is 2.90 bits per heavy atom. The lowest BCUT2D eigenvalue weighted by Gasteiger charge is -2.44. The fourth-order valence-electron chi connectivity index (χ4n) is 3.60. The minimum Gasteiger partial charge on any atom is -0.373 e. The molecule has 0 aromatic heterocycles. The molecule has 6 nitrogen and oxygen atoms in total. The second-order valence-corrected chi connectivity index (χ2v) is 6.99. The number of nitrogens with one attached hydrogen (secondary N) is 1. The van der Waals surface area contributed by atoms with Crippen LogP contribution in [0.4, 0.5) is 0 Å². The number of morpholine rings is 1. The smallest absolute Gasteiger partial charge is 0.248 e. The summed E-state index contributed by atoms with van der Waals surface area (Å²) in [6.07, 6.45) is 2.45. The molecule has 3 atom stereocenters. The summed E-state index contributed by atoms with van der Waals surface area (Å²) in [5, 5.41) is 2.78. The second kappa shape index (κ2) is 5.25. The molecule has 118 valence electrons. The van der Waals surface area contributed by atoms with Crippen LogP contribution in [-0.2, 0) is 14.3 Å². The van der Waals surface area contributed by atoms with Crippen LogP contribution in [0.3, 0.4) is 0 Å². The summed E-state index contributed by atoms with van der Waals surface area (Å²) in [5.41, 5.74) is -0.825. The number of carbonyl (C=O) groups is 2. The lowest BCUT2D eigenvalue weighted by atomic mass is 9.97. The van der Waals surface area contributed by atoms with Crippen LogP contribution in [-0.4, -0.2) is 71.6 Å². The Bertz CT molecular complexity index is 451. The van der Waals surface area contributed by atoms with Crippen LogP contribution < -0.4 is 5.32 Å². The van der Waals surface area contributed by atoms with Gasteiger partial charge >= 0.3 is 0 Å². The van der Waals surface area contributed by atoms with Crippen molar-refractivity contribution in [2.75, 3.05) is 26.2 Å². The fourth-order valence-corrected chi connectivity index (χ4v) is 3.60. The molecule has 3 aliphatic heterocycles. The van der Waals surface area contributed by atoms with Gasteiger partial charge in [0.15, 0.2) is 0 Å². The number of piperazine rings is 1. The van der Waals surface area contributed by atoms with E-state index < -0.39 is 11.6 Å². The zero-order valence-corrected chi connectivity index (χ0v) is 13.1. The van der Waals surface area contributed by atoms with E-state index in [4.69, 9.17) is 4.74 Å². The van der Waals surface area contributed by atoms with Gasteiger partial charge in [0.25, 0.3) is 0 Å². The van der Waals surface area contributed by atoms with Gasteiger partial charge in [-0.2, -0.15) is 0 Å². The van der Waals surface area contributed by atoms with Crippen LogP contribution in [0.5, 0.6) is 0 Å². The Morgan fingerprint density at radius 1 is 1.38 bits per heavy atom. The van der Waals surface area contributed by atoms with Gasteiger partial charge in [-0.3, -0.25) is 14.5 Å². The third kappa shape index (κ3) is 2.66. The second-order valence-electron chi connectivity index (χ2n) is 6.99. The molecule has 6 heteroatoms. The molecule has 0 bridgehead atoms. The van der Waals surface area contributed by atoms with E-state index in [1.165, 1.54) is 12.8 Å². The number of ether oxygens (including phenoxy) is 1. The summed E-state index contributed by atoms with van der Waals surface area (Å²) in [4.78, 5) is 28.7. The number of hydrogen-bond donors (Lipinski definition) is 1. The maximum Gasteiger partial charge on any atom is 0.248 e. The summed E-state index contributed by atoms with van der Waals surface area (Å²) >= 11 is 0. The molecule has 0 aromatic rings. The molecule has 0 saturated carbocycles. The first-order valence-electron chi connectivity index (χ1n) is 7.87. The summed E-state index contributed by atoms with van der Waals surface area (Å²) in [6.45, 7) is 8.53. The van der Waals surface area contributed by atoms with Crippen LogP contribution in [0.1, 0.15) is 33.6 Å². The Kier molecular flexibility index (Phi) is 3.69. The van der Waals surface area contributed by atoms with Gasteiger partial charge in [-0.1, -0.05) is 0 Å². The first-order valence-corrected chi connectivity index (χ1v) is 7.87. The molecule has 3 aliphatic rings. The zero-order chi connectivity index (χ0) is 15.2. The first kappa shape index (κ1) is 14.8. The van der Waals surface area contributed by atoms with Crippen molar-refractivity contribution in [2.45, 2.75) is 57.3 Å². The molecule has 0 aliphatic carbocycles. The Hall–Kier alpha value is -1.14. The van der Waals surface area contributed by atoms with Gasteiger partial charge < -0.3 is 15.0 Å². The van der Waals surface area contributed by atoms with E-state index >= 15 is 0 Å². The molecule has 0 radical (unpaired) electrons. The number of carbonyl (C=O) groups excluding carboxylic acids is 2. The van der Waals surface area contributed by atoms with Gasteiger partial charge in [-0.25, -0.2) is 0 Å². The minimum atomic E-state index is -0.825. The topological polar surface area (TPSA) is 61.9 Å².